The monoisotopic (exact) mass is 459 g/mol. The number of halogens is 1. The Bertz CT molecular complexity index is 1080. The summed E-state index contributed by atoms with van der Waals surface area (Å²) in [5.74, 6) is -2.19. The van der Waals surface area contributed by atoms with Crippen LogP contribution in [-0.2, 0) is 14.4 Å². The number of hydrogen-bond donors (Lipinski definition) is 2. The molecule has 168 valence electrons. The molecule has 0 bridgehead atoms. The van der Waals surface area contributed by atoms with Crippen molar-refractivity contribution in [1.82, 2.24) is 4.90 Å². The van der Waals surface area contributed by atoms with Crippen LogP contribution in [0.5, 0.6) is 11.5 Å². The molecule has 0 aromatic heterocycles. The molecule has 32 heavy (non-hydrogen) atoms. The summed E-state index contributed by atoms with van der Waals surface area (Å²) in [6.07, 6.45) is -0.0219. The van der Waals surface area contributed by atoms with E-state index in [1.54, 1.807) is 42.5 Å². The zero-order valence-corrected chi connectivity index (χ0v) is 18.3. The quantitative estimate of drug-likeness (QED) is 0.352. The number of aliphatic hydroxyl groups is 1. The van der Waals surface area contributed by atoms with Gasteiger partial charge in [-0.25, -0.2) is 0 Å². The van der Waals surface area contributed by atoms with Crippen LogP contribution in [0, 0.1) is 0 Å². The molecule has 3 rings (SSSR count). The van der Waals surface area contributed by atoms with Gasteiger partial charge < -0.3 is 24.6 Å². The minimum absolute atomic E-state index is 0.0211. The predicted octanol–water partition coefficient (Wildman–Crippen LogP) is 3.64. The molecule has 2 N–H and O–H groups in total. The Morgan fingerprint density at radius 3 is 2.28 bits per heavy atom. The highest BCUT2D eigenvalue weighted by atomic mass is 35.5. The number of carboxylic acid groups (broad SMARTS) is 1. The van der Waals surface area contributed by atoms with Crippen LogP contribution >= 0.6 is 11.6 Å². The van der Waals surface area contributed by atoms with E-state index in [4.69, 9.17) is 26.2 Å². The molecule has 9 heteroatoms. The second kappa shape index (κ2) is 9.74. The van der Waals surface area contributed by atoms with Crippen molar-refractivity contribution in [2.75, 3.05) is 20.8 Å². The van der Waals surface area contributed by atoms with Gasteiger partial charge in [-0.3, -0.25) is 14.4 Å². The van der Waals surface area contributed by atoms with Crippen molar-refractivity contribution in [1.29, 1.82) is 0 Å². The van der Waals surface area contributed by atoms with Crippen LogP contribution in [0.3, 0.4) is 0 Å². The van der Waals surface area contributed by atoms with Crippen molar-refractivity contribution in [2.45, 2.75) is 18.9 Å². The van der Waals surface area contributed by atoms with Crippen LogP contribution in [0.15, 0.2) is 48.0 Å². The number of benzene rings is 2. The molecule has 1 amide bonds. The molecule has 2 aromatic carbocycles. The van der Waals surface area contributed by atoms with Crippen molar-refractivity contribution in [2.24, 2.45) is 0 Å². The lowest BCUT2D eigenvalue weighted by Crippen LogP contribution is -2.31. The molecule has 1 aliphatic rings. The molecule has 1 unspecified atom stereocenters. The fourth-order valence-electron chi connectivity index (χ4n) is 3.64. The van der Waals surface area contributed by atoms with E-state index in [2.05, 4.69) is 0 Å². The summed E-state index contributed by atoms with van der Waals surface area (Å²) in [6, 6.07) is 10.2. The molecule has 1 aliphatic heterocycles. The number of methoxy groups -OCH3 is 2. The third kappa shape index (κ3) is 4.55. The Labute approximate surface area is 189 Å². The first-order valence-electron chi connectivity index (χ1n) is 9.76. The van der Waals surface area contributed by atoms with Crippen LogP contribution in [0.4, 0.5) is 0 Å². The largest absolute Gasteiger partial charge is 0.507 e. The van der Waals surface area contributed by atoms with E-state index in [9.17, 15) is 19.5 Å². The van der Waals surface area contributed by atoms with Crippen molar-refractivity contribution in [3.8, 4) is 11.5 Å². The van der Waals surface area contributed by atoms with E-state index < -0.39 is 23.7 Å². The Kier molecular flexibility index (Phi) is 7.05. The minimum Gasteiger partial charge on any atom is -0.507 e. The summed E-state index contributed by atoms with van der Waals surface area (Å²) >= 11 is 5.92. The molecule has 0 spiro atoms. The number of likely N-dealkylation sites (tertiary alicyclic amines) is 1. The van der Waals surface area contributed by atoms with Gasteiger partial charge in [0, 0.05) is 23.6 Å². The highest BCUT2D eigenvalue weighted by Crippen LogP contribution is 2.42. The smallest absolute Gasteiger partial charge is 0.303 e. The Morgan fingerprint density at radius 1 is 1.03 bits per heavy atom. The van der Waals surface area contributed by atoms with E-state index in [-0.39, 0.29) is 30.7 Å². The van der Waals surface area contributed by atoms with Gasteiger partial charge in [0.25, 0.3) is 11.7 Å². The number of carbonyl (C=O) groups is 3. The van der Waals surface area contributed by atoms with Crippen molar-refractivity contribution in [3.05, 3.63) is 64.2 Å². The van der Waals surface area contributed by atoms with Crippen molar-refractivity contribution < 1.29 is 34.1 Å². The van der Waals surface area contributed by atoms with Crippen molar-refractivity contribution >= 4 is 35.0 Å². The van der Waals surface area contributed by atoms with Crippen LogP contribution in [0.2, 0.25) is 5.02 Å². The summed E-state index contributed by atoms with van der Waals surface area (Å²) < 4.78 is 10.6. The van der Waals surface area contributed by atoms with Gasteiger partial charge in [0.2, 0.25) is 0 Å². The predicted molar refractivity (Wildman–Crippen MR) is 117 cm³/mol. The number of carboxylic acids is 1. The fourth-order valence-corrected chi connectivity index (χ4v) is 3.77. The normalized spacial score (nSPS) is 17.5. The third-order valence-corrected chi connectivity index (χ3v) is 5.42. The van der Waals surface area contributed by atoms with E-state index in [0.29, 0.717) is 27.6 Å². The molecule has 0 radical (unpaired) electrons. The number of nitrogens with zero attached hydrogens (tertiary/aromatic N) is 1. The number of ketones is 1. The van der Waals surface area contributed by atoms with Gasteiger partial charge in [-0.1, -0.05) is 17.7 Å². The maximum atomic E-state index is 12.9. The van der Waals surface area contributed by atoms with Gasteiger partial charge in [-0.15, -0.1) is 0 Å². The topological polar surface area (TPSA) is 113 Å². The zero-order valence-electron chi connectivity index (χ0n) is 17.5. The minimum atomic E-state index is -1.01. The molecule has 1 saturated heterocycles. The Balaban J connectivity index is 2.14. The lowest BCUT2D eigenvalue weighted by Gasteiger charge is -2.25. The van der Waals surface area contributed by atoms with Gasteiger partial charge in [0.05, 0.1) is 25.8 Å². The van der Waals surface area contributed by atoms with Crippen LogP contribution in [0.25, 0.3) is 5.76 Å². The SMILES string of the molecule is COc1ccc(C2/C(=C(/O)c3ccc(Cl)cc3)C(=O)C(=O)N2CCCC(=O)O)cc1OC. The number of ether oxygens (including phenoxy) is 2. The van der Waals surface area contributed by atoms with E-state index in [1.165, 1.54) is 19.1 Å². The van der Waals surface area contributed by atoms with Crippen LogP contribution in [-0.4, -0.2) is 53.5 Å². The number of Topliss-reactive ketones (excluding diaryl/α,β-unsaturated/α-hetero) is 1. The fraction of sp³-hybridized carbons (Fsp3) is 0.261. The second-order valence-corrected chi connectivity index (χ2v) is 7.55. The maximum absolute atomic E-state index is 12.9. The van der Waals surface area contributed by atoms with E-state index in [1.807, 2.05) is 0 Å². The molecular formula is C23H22ClNO7. The summed E-state index contributed by atoms with van der Waals surface area (Å²) in [5.41, 5.74) is 0.732. The summed E-state index contributed by atoms with van der Waals surface area (Å²) in [4.78, 5) is 38.0. The third-order valence-electron chi connectivity index (χ3n) is 5.17. The molecule has 1 heterocycles. The summed E-state index contributed by atoms with van der Waals surface area (Å²) in [6.45, 7) is 0.0211. The molecular weight excluding hydrogens is 438 g/mol. The molecule has 8 nitrogen and oxygen atoms in total. The average Bonchev–Trinajstić information content (AvgIpc) is 3.03. The second-order valence-electron chi connectivity index (χ2n) is 7.11. The van der Waals surface area contributed by atoms with Gasteiger partial charge in [-0.05, 0) is 48.4 Å². The Hall–Kier alpha value is -3.52. The molecule has 1 atom stereocenters. The van der Waals surface area contributed by atoms with Gasteiger partial charge >= 0.3 is 5.97 Å². The summed E-state index contributed by atoms with van der Waals surface area (Å²) in [5, 5.41) is 20.4. The summed E-state index contributed by atoms with van der Waals surface area (Å²) in [7, 11) is 2.94. The molecule has 2 aromatic rings. The van der Waals surface area contributed by atoms with E-state index in [0.717, 1.165) is 0 Å². The standard InChI is InChI=1S/C23H22ClNO7/c1-31-16-10-7-14(12-17(16)32-2)20-19(21(28)13-5-8-15(24)9-6-13)22(29)23(30)25(20)11-3-4-18(26)27/h5-10,12,20,28H,3-4,11H2,1-2H3,(H,26,27)/b21-19-. The number of rotatable bonds is 8. The highest BCUT2D eigenvalue weighted by Gasteiger charge is 2.46. The number of aliphatic hydroxyl groups excluding tert-OH is 1. The number of hydrogen-bond acceptors (Lipinski definition) is 6. The lowest BCUT2D eigenvalue weighted by molar-refractivity contribution is -0.140. The van der Waals surface area contributed by atoms with E-state index >= 15 is 0 Å². The number of aliphatic carboxylic acids is 1. The van der Waals surface area contributed by atoms with Gasteiger partial charge in [0.1, 0.15) is 5.76 Å². The van der Waals surface area contributed by atoms with Crippen LogP contribution < -0.4 is 9.47 Å². The number of amides is 1. The highest BCUT2D eigenvalue weighted by molar-refractivity contribution is 6.46. The van der Waals surface area contributed by atoms with Gasteiger partial charge in [-0.2, -0.15) is 0 Å². The average molecular weight is 460 g/mol. The first-order valence-corrected chi connectivity index (χ1v) is 10.1. The first kappa shape index (κ1) is 23.1. The van der Waals surface area contributed by atoms with Crippen LogP contribution in [0.1, 0.15) is 30.0 Å². The first-order chi connectivity index (χ1) is 15.3. The zero-order chi connectivity index (χ0) is 23.4. The molecule has 0 saturated carbocycles. The molecule has 0 aliphatic carbocycles. The van der Waals surface area contributed by atoms with Crippen molar-refractivity contribution in [3.63, 3.8) is 0 Å². The lowest BCUT2D eigenvalue weighted by atomic mass is 9.95. The number of carbonyl (C=O) groups excluding carboxylic acids is 2. The molecule has 1 fully saturated rings. The maximum Gasteiger partial charge on any atom is 0.303 e. The van der Waals surface area contributed by atoms with Gasteiger partial charge in [0.15, 0.2) is 11.5 Å². The Morgan fingerprint density at radius 2 is 1.69 bits per heavy atom.